The van der Waals surface area contributed by atoms with E-state index in [0.29, 0.717) is 27.7 Å². The molecule has 2 aromatic carbocycles. The number of aromatic nitrogens is 2. The number of nitrogens with zero attached hydrogens (tertiary/aromatic N) is 2. The van der Waals surface area contributed by atoms with Crippen LogP contribution in [-0.2, 0) is 7.05 Å². The van der Waals surface area contributed by atoms with E-state index in [0.717, 1.165) is 0 Å². The van der Waals surface area contributed by atoms with Crippen LogP contribution in [0, 0.1) is 5.82 Å². The van der Waals surface area contributed by atoms with Gasteiger partial charge in [-0.1, -0.05) is 35.9 Å². The Morgan fingerprint density at radius 1 is 1.14 bits per heavy atom. The second-order valence-corrected chi connectivity index (χ2v) is 6.91. The molecule has 0 saturated carbocycles. The van der Waals surface area contributed by atoms with Crippen LogP contribution in [0.2, 0.25) is 5.02 Å². The zero-order valence-corrected chi connectivity index (χ0v) is 16.2. The molecule has 0 spiro atoms. The fourth-order valence-corrected chi connectivity index (χ4v) is 3.30. The maximum Gasteiger partial charge on any atom is 0.287 e. The molecule has 0 radical (unpaired) electrons. The Labute approximate surface area is 171 Å². The first-order chi connectivity index (χ1) is 14.0. The molecule has 0 bridgehead atoms. The second kappa shape index (κ2) is 7.93. The van der Waals surface area contributed by atoms with Gasteiger partial charge in [-0.2, -0.15) is 0 Å². The van der Waals surface area contributed by atoms with Gasteiger partial charge in [-0.15, -0.1) is 0 Å². The lowest BCUT2D eigenvalue weighted by Crippen LogP contribution is -2.30. The molecule has 2 aromatic heterocycles. The van der Waals surface area contributed by atoms with E-state index in [1.54, 1.807) is 47.3 Å². The van der Waals surface area contributed by atoms with E-state index in [-0.39, 0.29) is 11.6 Å². The van der Waals surface area contributed by atoms with Crippen LogP contribution in [0.5, 0.6) is 0 Å². The number of furan rings is 1. The molecule has 4 aromatic rings. The van der Waals surface area contributed by atoms with E-state index in [2.05, 4.69) is 10.3 Å². The number of rotatable bonds is 5. The summed E-state index contributed by atoms with van der Waals surface area (Å²) in [6, 6.07) is 15.9. The first-order valence-electron chi connectivity index (χ1n) is 8.91. The second-order valence-electron chi connectivity index (χ2n) is 6.50. The largest absolute Gasteiger partial charge is 0.451 e. The Kier molecular flexibility index (Phi) is 5.18. The molecule has 0 aliphatic rings. The molecular weight excluding hydrogens is 393 g/mol. The Hall–Kier alpha value is -3.38. The molecule has 29 heavy (non-hydrogen) atoms. The van der Waals surface area contributed by atoms with Crippen LogP contribution in [0.1, 0.15) is 28.0 Å². The highest BCUT2D eigenvalue weighted by Gasteiger charge is 2.23. The van der Waals surface area contributed by atoms with Gasteiger partial charge in [0.1, 0.15) is 23.4 Å². The molecule has 0 saturated heterocycles. The number of benzene rings is 2. The molecule has 0 aliphatic carbocycles. The molecule has 0 fully saturated rings. The smallest absolute Gasteiger partial charge is 0.287 e. The standard InChI is InChI=1S/C22H17ClFN3O2/c1-27-13-12-25-21(27)20(14-6-8-15(24)9-7-14)26-22(28)19-11-10-18(29-19)16-4-2-3-5-17(16)23/h2-13,20H,1H3,(H,26,28). The number of aryl methyl sites for hydroxylation is 1. The summed E-state index contributed by atoms with van der Waals surface area (Å²) < 4.78 is 20.9. The summed E-state index contributed by atoms with van der Waals surface area (Å²) in [6.07, 6.45) is 3.42. The van der Waals surface area contributed by atoms with E-state index in [4.69, 9.17) is 16.0 Å². The van der Waals surface area contributed by atoms with Gasteiger partial charge >= 0.3 is 0 Å². The summed E-state index contributed by atoms with van der Waals surface area (Å²) in [6.45, 7) is 0. The van der Waals surface area contributed by atoms with Crippen molar-refractivity contribution in [3.8, 4) is 11.3 Å². The van der Waals surface area contributed by atoms with E-state index < -0.39 is 11.9 Å². The van der Waals surface area contributed by atoms with Crippen LogP contribution in [-0.4, -0.2) is 15.5 Å². The summed E-state index contributed by atoms with van der Waals surface area (Å²) in [5.74, 6) is 0.481. The van der Waals surface area contributed by atoms with Crippen molar-refractivity contribution in [3.63, 3.8) is 0 Å². The summed E-state index contributed by atoms with van der Waals surface area (Å²) >= 11 is 6.21. The summed E-state index contributed by atoms with van der Waals surface area (Å²) in [7, 11) is 1.83. The molecule has 4 rings (SSSR count). The zero-order chi connectivity index (χ0) is 20.4. The van der Waals surface area contributed by atoms with E-state index in [9.17, 15) is 9.18 Å². The average molecular weight is 410 g/mol. The molecule has 0 aliphatic heterocycles. The maximum atomic E-state index is 13.4. The van der Waals surface area contributed by atoms with Gasteiger partial charge in [0, 0.05) is 25.0 Å². The molecule has 1 unspecified atom stereocenters. The Morgan fingerprint density at radius 2 is 1.90 bits per heavy atom. The van der Waals surface area contributed by atoms with Crippen molar-refractivity contribution < 1.29 is 13.6 Å². The molecule has 1 amide bonds. The number of hydrogen-bond acceptors (Lipinski definition) is 3. The Balaban J connectivity index is 1.63. The third-order valence-electron chi connectivity index (χ3n) is 4.56. The lowest BCUT2D eigenvalue weighted by atomic mass is 10.1. The lowest BCUT2D eigenvalue weighted by Gasteiger charge is -2.18. The number of halogens is 2. The fourth-order valence-electron chi connectivity index (χ4n) is 3.08. The van der Waals surface area contributed by atoms with Crippen LogP contribution >= 0.6 is 11.6 Å². The highest BCUT2D eigenvalue weighted by atomic mass is 35.5. The summed E-state index contributed by atoms with van der Waals surface area (Å²) in [5, 5.41) is 3.45. The topological polar surface area (TPSA) is 60.1 Å². The van der Waals surface area contributed by atoms with Crippen molar-refractivity contribution in [2.24, 2.45) is 7.05 Å². The lowest BCUT2D eigenvalue weighted by molar-refractivity contribution is 0.0914. The SMILES string of the molecule is Cn1ccnc1C(NC(=O)c1ccc(-c2ccccc2Cl)o1)c1ccc(F)cc1. The molecule has 2 heterocycles. The van der Waals surface area contributed by atoms with Crippen LogP contribution in [0.4, 0.5) is 4.39 Å². The molecular formula is C22H17ClFN3O2. The zero-order valence-electron chi connectivity index (χ0n) is 15.5. The fraction of sp³-hybridized carbons (Fsp3) is 0.0909. The quantitative estimate of drug-likeness (QED) is 0.505. The predicted octanol–water partition coefficient (Wildman–Crippen LogP) is 4.99. The number of nitrogens with one attached hydrogen (secondary N) is 1. The van der Waals surface area contributed by atoms with Crippen LogP contribution in [0.3, 0.4) is 0 Å². The van der Waals surface area contributed by atoms with E-state index in [1.165, 1.54) is 12.1 Å². The number of carbonyl (C=O) groups is 1. The van der Waals surface area contributed by atoms with E-state index >= 15 is 0 Å². The van der Waals surface area contributed by atoms with Crippen molar-refractivity contribution in [1.82, 2.24) is 14.9 Å². The minimum atomic E-state index is -0.572. The third-order valence-corrected chi connectivity index (χ3v) is 4.89. The van der Waals surface area contributed by atoms with E-state index in [1.807, 2.05) is 25.2 Å². The van der Waals surface area contributed by atoms with Gasteiger partial charge in [0.05, 0.1) is 5.02 Å². The number of carbonyl (C=O) groups excluding carboxylic acids is 1. The Morgan fingerprint density at radius 3 is 2.59 bits per heavy atom. The van der Waals surface area contributed by atoms with Gasteiger partial charge in [-0.3, -0.25) is 4.79 Å². The number of imidazole rings is 1. The van der Waals surface area contributed by atoms with Crippen LogP contribution in [0.15, 0.2) is 77.5 Å². The first-order valence-corrected chi connectivity index (χ1v) is 9.29. The van der Waals surface area contributed by atoms with Crippen molar-refractivity contribution in [1.29, 1.82) is 0 Å². The molecule has 1 atom stereocenters. The van der Waals surface area contributed by atoms with Crippen molar-refractivity contribution in [2.75, 3.05) is 0 Å². The van der Waals surface area contributed by atoms with Crippen LogP contribution in [0.25, 0.3) is 11.3 Å². The summed E-state index contributed by atoms with van der Waals surface area (Å²) in [4.78, 5) is 17.2. The molecule has 1 N–H and O–H groups in total. The molecule has 5 nitrogen and oxygen atoms in total. The van der Waals surface area contributed by atoms with Gasteiger partial charge in [-0.25, -0.2) is 9.37 Å². The van der Waals surface area contributed by atoms with Crippen molar-refractivity contribution >= 4 is 17.5 Å². The Bertz CT molecular complexity index is 1150. The molecule has 146 valence electrons. The summed E-state index contributed by atoms with van der Waals surface area (Å²) in [5.41, 5.74) is 1.40. The minimum absolute atomic E-state index is 0.140. The van der Waals surface area contributed by atoms with Crippen molar-refractivity contribution in [2.45, 2.75) is 6.04 Å². The van der Waals surface area contributed by atoms with Crippen molar-refractivity contribution in [3.05, 3.63) is 101 Å². The highest BCUT2D eigenvalue weighted by molar-refractivity contribution is 6.33. The average Bonchev–Trinajstić information content (AvgIpc) is 3.37. The van der Waals surface area contributed by atoms with Gasteiger partial charge in [0.2, 0.25) is 0 Å². The van der Waals surface area contributed by atoms with Gasteiger partial charge < -0.3 is 14.3 Å². The van der Waals surface area contributed by atoms with Gasteiger partial charge in [0.25, 0.3) is 5.91 Å². The highest BCUT2D eigenvalue weighted by Crippen LogP contribution is 2.29. The number of amides is 1. The predicted molar refractivity (Wildman–Crippen MR) is 108 cm³/mol. The monoisotopic (exact) mass is 409 g/mol. The van der Waals surface area contributed by atoms with Gasteiger partial charge in [0.15, 0.2) is 5.76 Å². The first kappa shape index (κ1) is 19.0. The number of hydrogen-bond donors (Lipinski definition) is 1. The van der Waals surface area contributed by atoms with Gasteiger partial charge in [-0.05, 0) is 42.0 Å². The van der Waals surface area contributed by atoms with Crippen LogP contribution < -0.4 is 5.32 Å². The minimum Gasteiger partial charge on any atom is -0.451 e. The maximum absolute atomic E-state index is 13.4. The normalized spacial score (nSPS) is 12.0. The molecule has 7 heteroatoms. The third kappa shape index (κ3) is 3.93.